The van der Waals surface area contributed by atoms with Gasteiger partial charge >= 0.3 is 12.1 Å². The zero-order chi connectivity index (χ0) is 16.6. The molecule has 7 heteroatoms. The van der Waals surface area contributed by atoms with E-state index in [-0.39, 0.29) is 17.6 Å². The quantitative estimate of drug-likeness (QED) is 0.453. The topological polar surface area (TPSA) is 80.3 Å². The zero-order valence-electron chi connectivity index (χ0n) is 13.1. The van der Waals surface area contributed by atoms with Crippen LogP contribution in [0.5, 0.6) is 5.75 Å². The van der Waals surface area contributed by atoms with Crippen LogP contribution < -0.4 is 4.74 Å². The molecule has 0 aliphatic carbocycles. The van der Waals surface area contributed by atoms with Gasteiger partial charge in [-0.05, 0) is 30.5 Å². The molecule has 122 valence electrons. The Bertz CT molecular complexity index is 505. The predicted molar refractivity (Wildman–Crippen MR) is 76.0 cm³/mol. The first-order valence-corrected chi connectivity index (χ1v) is 6.77. The molecular formula is C15H20O7. The normalized spacial score (nSPS) is 10.7. The molecule has 0 aliphatic heterocycles. The maximum Gasteiger partial charge on any atom is 0.543 e. The number of carbonyl (C=O) groups is 2. The van der Waals surface area contributed by atoms with Gasteiger partial charge in [-0.1, -0.05) is 26.8 Å². The molecule has 1 rings (SSSR count). The summed E-state index contributed by atoms with van der Waals surface area (Å²) in [5.74, 6) is -0.312. The fourth-order valence-corrected chi connectivity index (χ4v) is 1.30. The molecule has 1 aromatic rings. The Morgan fingerprint density at radius 2 is 1.86 bits per heavy atom. The number of hydrogen-bond donors (Lipinski definition) is 0. The van der Waals surface area contributed by atoms with Crippen LogP contribution in [-0.2, 0) is 19.6 Å². The van der Waals surface area contributed by atoms with E-state index in [9.17, 15) is 9.59 Å². The fourth-order valence-electron chi connectivity index (χ4n) is 1.30. The summed E-state index contributed by atoms with van der Waals surface area (Å²) in [5, 5.41) is 4.11. The number of ether oxygens (including phenoxy) is 2. The second kappa shape index (κ2) is 8.23. The van der Waals surface area contributed by atoms with Gasteiger partial charge in [0.15, 0.2) is 0 Å². The van der Waals surface area contributed by atoms with Gasteiger partial charge in [0.05, 0.1) is 23.8 Å². The van der Waals surface area contributed by atoms with E-state index < -0.39 is 12.1 Å². The van der Waals surface area contributed by atoms with E-state index in [2.05, 4.69) is 14.8 Å². The highest BCUT2D eigenvalue weighted by Gasteiger charge is 2.16. The van der Waals surface area contributed by atoms with Gasteiger partial charge in [-0.2, -0.15) is 0 Å². The first kappa shape index (κ1) is 17.8. The van der Waals surface area contributed by atoms with Gasteiger partial charge < -0.3 is 9.47 Å². The number of hydrogen-bond acceptors (Lipinski definition) is 7. The van der Waals surface area contributed by atoms with Crippen LogP contribution in [0.25, 0.3) is 0 Å². The van der Waals surface area contributed by atoms with Crippen molar-refractivity contribution in [3.05, 3.63) is 29.8 Å². The molecule has 0 fully saturated rings. The van der Waals surface area contributed by atoms with Gasteiger partial charge in [-0.3, -0.25) is 4.89 Å². The lowest BCUT2D eigenvalue weighted by atomic mass is 9.99. The summed E-state index contributed by atoms with van der Waals surface area (Å²) in [5.41, 5.74) is -0.0207. The van der Waals surface area contributed by atoms with E-state index >= 15 is 0 Å². The molecule has 0 amide bonds. The van der Waals surface area contributed by atoms with Crippen molar-refractivity contribution in [3.63, 3.8) is 0 Å². The molecule has 0 aliphatic rings. The molecule has 0 aromatic heterocycles. The lowest BCUT2D eigenvalue weighted by Crippen LogP contribution is -2.19. The van der Waals surface area contributed by atoms with E-state index in [0.717, 1.165) is 0 Å². The van der Waals surface area contributed by atoms with Crippen molar-refractivity contribution >= 4 is 12.1 Å². The van der Waals surface area contributed by atoms with E-state index in [1.807, 2.05) is 27.7 Å². The first-order chi connectivity index (χ1) is 10.3. The first-order valence-electron chi connectivity index (χ1n) is 6.77. The van der Waals surface area contributed by atoms with E-state index in [0.29, 0.717) is 12.4 Å². The van der Waals surface area contributed by atoms with Gasteiger partial charge in [-0.15, -0.1) is 0 Å². The smallest absolute Gasteiger partial charge is 0.494 e. The number of rotatable bonds is 6. The average Bonchev–Trinajstić information content (AvgIpc) is 2.45. The molecule has 0 saturated carbocycles. The second-order valence-corrected chi connectivity index (χ2v) is 5.58. The summed E-state index contributed by atoms with van der Waals surface area (Å²) in [7, 11) is 0. The third kappa shape index (κ3) is 6.94. The van der Waals surface area contributed by atoms with Crippen LogP contribution in [0.3, 0.4) is 0 Å². The minimum absolute atomic E-state index is 0.138. The molecule has 0 unspecified atom stereocenters. The van der Waals surface area contributed by atoms with Crippen molar-refractivity contribution in [2.75, 3.05) is 13.2 Å². The van der Waals surface area contributed by atoms with Crippen LogP contribution in [0, 0.1) is 5.41 Å². The molecule has 0 radical (unpaired) electrons. The molecule has 0 saturated heterocycles. The molecular weight excluding hydrogens is 292 g/mol. The van der Waals surface area contributed by atoms with Crippen LogP contribution in [-0.4, -0.2) is 25.3 Å². The van der Waals surface area contributed by atoms with Gasteiger partial charge in [-0.25, -0.2) is 14.5 Å². The molecule has 0 atom stereocenters. The van der Waals surface area contributed by atoms with Crippen LogP contribution in [0.2, 0.25) is 0 Å². The molecule has 22 heavy (non-hydrogen) atoms. The van der Waals surface area contributed by atoms with Crippen LogP contribution in [0.1, 0.15) is 38.1 Å². The third-order valence-electron chi connectivity index (χ3n) is 2.22. The number of carbonyl (C=O) groups excluding carboxylic acids is 2. The molecule has 7 nitrogen and oxygen atoms in total. The highest BCUT2D eigenvalue weighted by molar-refractivity contribution is 5.89. The third-order valence-corrected chi connectivity index (χ3v) is 2.22. The van der Waals surface area contributed by atoms with Crippen LogP contribution in [0.4, 0.5) is 4.79 Å². The average molecular weight is 312 g/mol. The lowest BCUT2D eigenvalue weighted by Gasteiger charge is -2.16. The summed E-state index contributed by atoms with van der Waals surface area (Å²) in [6.45, 7) is 8.08. The highest BCUT2D eigenvalue weighted by Crippen LogP contribution is 2.15. The van der Waals surface area contributed by atoms with Crippen molar-refractivity contribution in [1.29, 1.82) is 0 Å². The Morgan fingerprint density at radius 1 is 1.14 bits per heavy atom. The van der Waals surface area contributed by atoms with Crippen LogP contribution >= 0.6 is 0 Å². The Hall–Kier alpha value is -2.28. The van der Waals surface area contributed by atoms with Crippen molar-refractivity contribution in [2.24, 2.45) is 5.41 Å². The van der Waals surface area contributed by atoms with Gasteiger partial charge in [0.2, 0.25) is 0 Å². The molecule has 0 spiro atoms. The van der Waals surface area contributed by atoms with Gasteiger partial charge in [0.1, 0.15) is 5.75 Å². The molecule has 0 bridgehead atoms. The summed E-state index contributed by atoms with van der Waals surface area (Å²) < 4.78 is 10.00. The molecule has 0 N–H and O–H groups in total. The Balaban J connectivity index is 2.37. The minimum Gasteiger partial charge on any atom is -0.494 e. The molecule has 1 aromatic carbocycles. The summed E-state index contributed by atoms with van der Waals surface area (Å²) in [6.07, 6.45) is -1.09. The van der Waals surface area contributed by atoms with E-state index in [1.165, 1.54) is 12.1 Å². The van der Waals surface area contributed by atoms with Crippen molar-refractivity contribution < 1.29 is 33.9 Å². The fraction of sp³-hybridized carbons (Fsp3) is 0.467. The van der Waals surface area contributed by atoms with Crippen molar-refractivity contribution in [1.82, 2.24) is 0 Å². The van der Waals surface area contributed by atoms with Crippen molar-refractivity contribution in [2.45, 2.75) is 27.7 Å². The van der Waals surface area contributed by atoms with Crippen molar-refractivity contribution in [3.8, 4) is 5.75 Å². The summed E-state index contributed by atoms with van der Waals surface area (Å²) >= 11 is 0. The van der Waals surface area contributed by atoms with Gasteiger partial charge in [0.25, 0.3) is 0 Å². The molecule has 0 heterocycles. The predicted octanol–water partition coefficient (Wildman–Crippen LogP) is 3.29. The highest BCUT2D eigenvalue weighted by atomic mass is 17.5. The second-order valence-electron chi connectivity index (χ2n) is 5.58. The largest absolute Gasteiger partial charge is 0.543 e. The summed E-state index contributed by atoms with van der Waals surface area (Å²) in [4.78, 5) is 31.3. The SMILES string of the molecule is CCOc1cccc(C(=O)OOOC(=O)OCC(C)(C)C)c1. The maximum atomic E-state index is 11.7. The lowest BCUT2D eigenvalue weighted by molar-refractivity contribution is -0.452. The Morgan fingerprint density at radius 3 is 2.50 bits per heavy atom. The minimum atomic E-state index is -1.09. The Kier molecular flexibility index (Phi) is 6.65. The van der Waals surface area contributed by atoms with Gasteiger partial charge in [0, 0.05) is 0 Å². The summed E-state index contributed by atoms with van der Waals surface area (Å²) in [6, 6.07) is 6.31. The Labute approximate surface area is 128 Å². The monoisotopic (exact) mass is 312 g/mol. The number of benzene rings is 1. The van der Waals surface area contributed by atoms with Crippen LogP contribution in [0.15, 0.2) is 24.3 Å². The standard InChI is InChI=1S/C15H20O7/c1-5-18-12-8-6-7-11(9-12)13(16)20-22-21-14(17)19-10-15(2,3)4/h6-9H,5,10H2,1-4H3. The van der Waals surface area contributed by atoms with E-state index in [1.54, 1.807) is 12.1 Å². The zero-order valence-corrected chi connectivity index (χ0v) is 13.1. The van der Waals surface area contributed by atoms with E-state index in [4.69, 9.17) is 9.47 Å². The maximum absolute atomic E-state index is 11.7.